The van der Waals surface area contributed by atoms with Crippen LogP contribution in [0.5, 0.6) is 0 Å². The molecule has 3 rings (SSSR count). The second kappa shape index (κ2) is 7.98. The maximum atomic E-state index is 12.8. The fourth-order valence-corrected chi connectivity index (χ4v) is 3.95. The first kappa shape index (κ1) is 17.9. The van der Waals surface area contributed by atoms with E-state index in [1.165, 1.54) is 12.4 Å². The van der Waals surface area contributed by atoms with E-state index in [1.807, 2.05) is 24.3 Å². The molecule has 5 heteroatoms. The molecular formula is C20H23ClN2O2. The molecule has 0 spiro atoms. The monoisotopic (exact) mass is 358 g/mol. The number of carbonyl (C=O) groups is 1. The summed E-state index contributed by atoms with van der Waals surface area (Å²) in [5.41, 5.74) is 1.50. The van der Waals surface area contributed by atoms with Crippen LogP contribution in [-0.2, 0) is 0 Å². The highest BCUT2D eigenvalue weighted by Crippen LogP contribution is 2.38. The zero-order valence-corrected chi connectivity index (χ0v) is 15.2. The van der Waals surface area contributed by atoms with E-state index >= 15 is 0 Å². The van der Waals surface area contributed by atoms with E-state index in [-0.39, 0.29) is 11.7 Å². The number of piperidine rings is 1. The number of halogens is 1. The zero-order chi connectivity index (χ0) is 17.8. The van der Waals surface area contributed by atoms with Crippen LogP contribution < -0.4 is 4.73 Å². The molecule has 25 heavy (non-hydrogen) atoms. The third kappa shape index (κ3) is 4.39. The van der Waals surface area contributed by atoms with Crippen LogP contribution in [0.3, 0.4) is 0 Å². The molecule has 1 fully saturated rings. The lowest BCUT2D eigenvalue weighted by Gasteiger charge is -2.34. The molecule has 0 saturated carbocycles. The number of pyridine rings is 1. The minimum absolute atomic E-state index is 0.00551. The van der Waals surface area contributed by atoms with Crippen LogP contribution in [0.4, 0.5) is 0 Å². The quantitative estimate of drug-likeness (QED) is 0.465. The third-order valence-corrected chi connectivity index (χ3v) is 5.48. The van der Waals surface area contributed by atoms with Gasteiger partial charge in [0.15, 0.2) is 18.2 Å². The number of nitrogens with zero attached hydrogens (tertiary/aromatic N) is 2. The Balaban J connectivity index is 1.86. The molecule has 1 aliphatic rings. The van der Waals surface area contributed by atoms with Gasteiger partial charge >= 0.3 is 0 Å². The lowest BCUT2D eigenvalue weighted by Crippen LogP contribution is -2.33. The number of hydrogen-bond donors (Lipinski definition) is 0. The first-order valence-corrected chi connectivity index (χ1v) is 9.07. The first-order chi connectivity index (χ1) is 12.0. The van der Waals surface area contributed by atoms with Crippen molar-refractivity contribution in [1.82, 2.24) is 4.90 Å². The molecule has 0 bridgehead atoms. The Morgan fingerprint density at radius 3 is 2.68 bits per heavy atom. The molecule has 1 aromatic heterocycles. The molecule has 1 unspecified atom stereocenters. The average Bonchev–Trinajstić information content (AvgIpc) is 2.61. The summed E-state index contributed by atoms with van der Waals surface area (Å²) >= 11 is 6.45. The smallest absolute Gasteiger partial charge is 0.191 e. The Kier molecular flexibility index (Phi) is 5.71. The zero-order valence-electron chi connectivity index (χ0n) is 14.4. The van der Waals surface area contributed by atoms with Gasteiger partial charge in [-0.15, -0.1) is 0 Å². The average molecular weight is 359 g/mol. The fourth-order valence-electron chi connectivity index (χ4n) is 3.67. The van der Waals surface area contributed by atoms with E-state index in [4.69, 9.17) is 11.6 Å². The fraction of sp³-hybridized carbons (Fsp3) is 0.400. The minimum Gasteiger partial charge on any atom is -0.619 e. The second-order valence-corrected chi connectivity index (χ2v) is 7.26. The summed E-state index contributed by atoms with van der Waals surface area (Å²) in [6.07, 6.45) is 5.22. The van der Waals surface area contributed by atoms with Gasteiger partial charge in [0, 0.05) is 17.5 Å². The van der Waals surface area contributed by atoms with Crippen molar-refractivity contribution in [3.05, 3.63) is 70.1 Å². The molecule has 0 N–H and O–H groups in total. The molecule has 0 radical (unpaired) electrons. The van der Waals surface area contributed by atoms with Gasteiger partial charge in [-0.3, -0.25) is 4.79 Å². The molecule has 2 heterocycles. The molecule has 1 atom stereocenters. The predicted octanol–water partition coefficient (Wildman–Crippen LogP) is 3.67. The number of hydrogen-bond acceptors (Lipinski definition) is 3. The molecule has 132 valence electrons. The van der Waals surface area contributed by atoms with Crippen molar-refractivity contribution in [2.75, 3.05) is 20.1 Å². The van der Waals surface area contributed by atoms with Crippen LogP contribution >= 0.6 is 11.6 Å². The molecule has 0 aliphatic carbocycles. The lowest BCUT2D eigenvalue weighted by molar-refractivity contribution is -0.605. The van der Waals surface area contributed by atoms with Crippen molar-refractivity contribution in [2.24, 2.45) is 5.92 Å². The lowest BCUT2D eigenvalue weighted by atomic mass is 9.77. The largest absolute Gasteiger partial charge is 0.619 e. The van der Waals surface area contributed by atoms with E-state index in [0.29, 0.717) is 27.7 Å². The summed E-state index contributed by atoms with van der Waals surface area (Å²) < 4.78 is 0.674. The maximum Gasteiger partial charge on any atom is 0.191 e. The van der Waals surface area contributed by atoms with Crippen LogP contribution in [-0.4, -0.2) is 30.8 Å². The molecule has 1 aliphatic heterocycles. The van der Waals surface area contributed by atoms with Crippen LogP contribution in [0.2, 0.25) is 5.02 Å². The van der Waals surface area contributed by atoms with Gasteiger partial charge in [0.1, 0.15) is 0 Å². The van der Waals surface area contributed by atoms with Crippen LogP contribution in [0.25, 0.3) is 0 Å². The summed E-state index contributed by atoms with van der Waals surface area (Å²) in [7, 11) is 2.13. The summed E-state index contributed by atoms with van der Waals surface area (Å²) in [6.45, 7) is 2.07. The van der Waals surface area contributed by atoms with E-state index < -0.39 is 0 Å². The van der Waals surface area contributed by atoms with Crippen LogP contribution in [0.15, 0.2) is 48.8 Å². The standard InChI is InChI=1S/C20H23ClN2O2/c1-22-11-8-15(9-12-22)18(17-6-2-3-7-19(17)21)13-20(24)16-5-4-10-23(25)14-16/h2-7,10,14-15,18H,8-9,11-13H2,1H3. The Morgan fingerprint density at radius 2 is 2.00 bits per heavy atom. The van der Waals surface area contributed by atoms with Crippen molar-refractivity contribution < 1.29 is 9.52 Å². The first-order valence-electron chi connectivity index (χ1n) is 8.69. The van der Waals surface area contributed by atoms with E-state index in [0.717, 1.165) is 31.5 Å². The van der Waals surface area contributed by atoms with Gasteiger partial charge in [-0.1, -0.05) is 29.8 Å². The molecule has 2 aromatic rings. The molecule has 4 nitrogen and oxygen atoms in total. The summed E-state index contributed by atoms with van der Waals surface area (Å²) in [5.74, 6) is 0.493. The third-order valence-electron chi connectivity index (χ3n) is 5.14. The van der Waals surface area contributed by atoms with Crippen molar-refractivity contribution in [3.8, 4) is 0 Å². The SMILES string of the molecule is CN1CCC(C(CC(=O)c2ccc[n+]([O-])c2)c2ccccc2Cl)CC1. The normalized spacial score (nSPS) is 17.4. The maximum absolute atomic E-state index is 12.8. The van der Waals surface area contributed by atoms with Gasteiger partial charge < -0.3 is 10.1 Å². The van der Waals surface area contributed by atoms with Gasteiger partial charge in [0.05, 0.1) is 5.56 Å². The summed E-state index contributed by atoms with van der Waals surface area (Å²) in [6, 6.07) is 11.1. The van der Waals surface area contributed by atoms with Crippen molar-refractivity contribution >= 4 is 17.4 Å². The number of carbonyl (C=O) groups excluding carboxylic acids is 1. The van der Waals surface area contributed by atoms with Gasteiger partial charge in [-0.2, -0.15) is 4.73 Å². The van der Waals surface area contributed by atoms with Gasteiger partial charge in [-0.05, 0) is 62.5 Å². The number of rotatable bonds is 5. The highest BCUT2D eigenvalue weighted by atomic mass is 35.5. The Morgan fingerprint density at radius 1 is 1.28 bits per heavy atom. The van der Waals surface area contributed by atoms with Crippen LogP contribution in [0.1, 0.15) is 41.1 Å². The molecule has 1 aromatic carbocycles. The Bertz CT molecular complexity index is 742. The number of Topliss-reactive ketones (excluding diaryl/α,β-unsaturated/α-hetero) is 1. The number of aromatic nitrogens is 1. The minimum atomic E-state index is -0.00551. The van der Waals surface area contributed by atoms with Crippen molar-refractivity contribution in [1.29, 1.82) is 0 Å². The second-order valence-electron chi connectivity index (χ2n) is 6.85. The van der Waals surface area contributed by atoms with Crippen molar-refractivity contribution in [2.45, 2.75) is 25.2 Å². The highest BCUT2D eigenvalue weighted by molar-refractivity contribution is 6.31. The van der Waals surface area contributed by atoms with E-state index in [1.54, 1.807) is 12.1 Å². The Hall–Kier alpha value is -1.91. The molecule has 0 amide bonds. The number of likely N-dealkylation sites (tertiary alicyclic amines) is 1. The van der Waals surface area contributed by atoms with Gasteiger partial charge in [-0.25, -0.2) is 0 Å². The predicted molar refractivity (Wildman–Crippen MR) is 98.8 cm³/mol. The van der Waals surface area contributed by atoms with Gasteiger partial charge in [0.25, 0.3) is 0 Å². The summed E-state index contributed by atoms with van der Waals surface area (Å²) in [4.78, 5) is 15.1. The van der Waals surface area contributed by atoms with Gasteiger partial charge in [0.2, 0.25) is 0 Å². The van der Waals surface area contributed by atoms with E-state index in [2.05, 4.69) is 11.9 Å². The Labute approximate surface area is 153 Å². The summed E-state index contributed by atoms with van der Waals surface area (Å²) in [5, 5.41) is 12.2. The molecule has 1 saturated heterocycles. The number of ketones is 1. The van der Waals surface area contributed by atoms with E-state index in [9.17, 15) is 10.0 Å². The highest BCUT2D eigenvalue weighted by Gasteiger charge is 2.30. The molecular weight excluding hydrogens is 336 g/mol. The van der Waals surface area contributed by atoms with Crippen molar-refractivity contribution in [3.63, 3.8) is 0 Å². The van der Waals surface area contributed by atoms with Crippen LogP contribution in [0, 0.1) is 11.1 Å². The number of benzene rings is 1. The topological polar surface area (TPSA) is 47.2 Å².